The smallest absolute Gasteiger partial charge is 0.122 e. The monoisotopic (exact) mass is 116 g/mol. The molecule has 0 aromatic carbocycles. The van der Waals surface area contributed by atoms with Gasteiger partial charge in [0, 0.05) is 6.42 Å². The lowest BCUT2D eigenvalue weighted by atomic mass is 10.1. The van der Waals surface area contributed by atoms with Gasteiger partial charge in [-0.1, -0.05) is 0 Å². The molecule has 1 aliphatic rings. The van der Waals surface area contributed by atoms with Crippen molar-refractivity contribution in [3.05, 3.63) is 24.1 Å². The van der Waals surface area contributed by atoms with Gasteiger partial charge in [-0.3, -0.25) is 0 Å². The predicted molar refractivity (Wildman–Crippen MR) is 27.8 cm³/mol. The maximum Gasteiger partial charge on any atom is 0.122 e. The molecule has 0 spiro atoms. The van der Waals surface area contributed by atoms with E-state index in [0.717, 1.165) is 6.08 Å². The minimum absolute atomic E-state index is 0.183. The number of alkyl halides is 1. The van der Waals surface area contributed by atoms with E-state index in [4.69, 9.17) is 0 Å². The number of hydrogen-bond acceptors (Lipinski definition) is 0. The van der Waals surface area contributed by atoms with Gasteiger partial charge in [-0.25, -0.2) is 8.78 Å². The van der Waals surface area contributed by atoms with E-state index in [0.29, 0.717) is 0 Å². The summed E-state index contributed by atoms with van der Waals surface area (Å²) < 4.78 is 24.0. The minimum Gasteiger partial charge on any atom is -0.243 e. The lowest BCUT2D eigenvalue weighted by molar-refractivity contribution is 0.396. The minimum atomic E-state index is -0.977. The first-order valence-corrected chi connectivity index (χ1v) is 2.47. The second-order valence-corrected chi connectivity index (χ2v) is 1.70. The van der Waals surface area contributed by atoms with E-state index in [-0.39, 0.29) is 12.2 Å². The van der Waals surface area contributed by atoms with Crippen LogP contribution in [0.1, 0.15) is 6.42 Å². The molecule has 0 radical (unpaired) electrons. The van der Waals surface area contributed by atoms with Crippen molar-refractivity contribution >= 4 is 0 Å². The van der Waals surface area contributed by atoms with Crippen LogP contribution in [0.2, 0.25) is 0 Å². The van der Waals surface area contributed by atoms with Gasteiger partial charge < -0.3 is 0 Å². The fourth-order valence-corrected chi connectivity index (χ4v) is 0.568. The molecule has 0 aromatic heterocycles. The molecule has 1 atom stereocenters. The van der Waals surface area contributed by atoms with Gasteiger partial charge in [-0.2, -0.15) is 0 Å². The number of halogens is 2. The van der Waals surface area contributed by atoms with Gasteiger partial charge in [0.05, 0.1) is 0 Å². The molecule has 0 nitrogen and oxygen atoms in total. The quantitative estimate of drug-likeness (QED) is 0.454. The van der Waals surface area contributed by atoms with Crippen LogP contribution in [-0.4, -0.2) is 6.17 Å². The Balaban J connectivity index is 2.58. The predicted octanol–water partition coefficient (Wildman–Crippen LogP) is 2.14. The molecular weight excluding hydrogens is 110 g/mol. The molecule has 1 rings (SSSR count). The third-order valence-electron chi connectivity index (χ3n) is 1.00. The molecule has 44 valence electrons. The number of allylic oxidation sites excluding steroid dienone is 4. The Morgan fingerprint density at radius 2 is 2.38 bits per heavy atom. The normalized spacial score (nSPS) is 27.8. The summed E-state index contributed by atoms with van der Waals surface area (Å²) in [6.07, 6.45) is 2.81. The van der Waals surface area contributed by atoms with Crippen LogP contribution in [-0.2, 0) is 0 Å². The van der Waals surface area contributed by atoms with Crippen molar-refractivity contribution in [1.82, 2.24) is 0 Å². The molecule has 0 aromatic rings. The standard InChI is InChI=1S/C6H6F2/c7-5-1-2-6(8)4-3-5/h1-3,6H,4H2. The van der Waals surface area contributed by atoms with Crippen molar-refractivity contribution in [2.24, 2.45) is 0 Å². The Bertz CT molecular complexity index is 135. The molecule has 1 unspecified atom stereocenters. The van der Waals surface area contributed by atoms with E-state index >= 15 is 0 Å². The van der Waals surface area contributed by atoms with Crippen molar-refractivity contribution in [2.75, 3.05) is 0 Å². The summed E-state index contributed by atoms with van der Waals surface area (Å²) >= 11 is 0. The van der Waals surface area contributed by atoms with Crippen molar-refractivity contribution in [3.63, 3.8) is 0 Å². The van der Waals surface area contributed by atoms with Gasteiger partial charge in [0.15, 0.2) is 0 Å². The summed E-state index contributed by atoms with van der Waals surface area (Å²) in [7, 11) is 0. The SMILES string of the molecule is FC1=CCC(F)C=C1. The van der Waals surface area contributed by atoms with E-state index < -0.39 is 6.17 Å². The summed E-state index contributed by atoms with van der Waals surface area (Å²) in [5.74, 6) is -0.334. The molecule has 0 N–H and O–H groups in total. The van der Waals surface area contributed by atoms with Gasteiger partial charge in [0.2, 0.25) is 0 Å². The van der Waals surface area contributed by atoms with Gasteiger partial charge in [-0.05, 0) is 18.2 Å². The third-order valence-corrected chi connectivity index (χ3v) is 1.00. The average Bonchev–Trinajstić information content (AvgIpc) is 1.77. The van der Waals surface area contributed by atoms with Crippen molar-refractivity contribution in [1.29, 1.82) is 0 Å². The molecule has 1 aliphatic carbocycles. The van der Waals surface area contributed by atoms with Gasteiger partial charge in [0.1, 0.15) is 12.0 Å². The van der Waals surface area contributed by atoms with E-state index in [1.807, 2.05) is 0 Å². The first-order chi connectivity index (χ1) is 3.79. The molecule has 0 bridgehead atoms. The molecule has 0 amide bonds. The summed E-state index contributed by atoms with van der Waals surface area (Å²) in [6, 6.07) is 0. The maximum absolute atomic E-state index is 12.1. The largest absolute Gasteiger partial charge is 0.243 e. The van der Waals surface area contributed by atoms with Crippen molar-refractivity contribution in [2.45, 2.75) is 12.6 Å². The highest BCUT2D eigenvalue weighted by Crippen LogP contribution is 2.12. The second-order valence-electron chi connectivity index (χ2n) is 1.70. The molecule has 0 saturated heterocycles. The van der Waals surface area contributed by atoms with Crippen LogP contribution in [0, 0.1) is 0 Å². The number of rotatable bonds is 0. The van der Waals surface area contributed by atoms with Crippen molar-refractivity contribution < 1.29 is 8.78 Å². The van der Waals surface area contributed by atoms with Gasteiger partial charge in [0.25, 0.3) is 0 Å². The van der Waals surface area contributed by atoms with Crippen LogP contribution in [0.3, 0.4) is 0 Å². The average molecular weight is 116 g/mol. The van der Waals surface area contributed by atoms with Gasteiger partial charge >= 0.3 is 0 Å². The summed E-state index contributed by atoms with van der Waals surface area (Å²) in [4.78, 5) is 0. The summed E-state index contributed by atoms with van der Waals surface area (Å²) in [5.41, 5.74) is 0. The Kier molecular flexibility index (Phi) is 1.42. The lowest BCUT2D eigenvalue weighted by Crippen LogP contribution is -1.95. The molecular formula is C6H6F2. The number of hydrogen-bond donors (Lipinski definition) is 0. The Hall–Kier alpha value is -0.660. The molecule has 8 heavy (non-hydrogen) atoms. The van der Waals surface area contributed by atoms with Gasteiger partial charge in [-0.15, -0.1) is 0 Å². The molecule has 2 heteroatoms. The highest BCUT2D eigenvalue weighted by molar-refractivity contribution is 5.17. The van der Waals surface area contributed by atoms with Crippen LogP contribution in [0.25, 0.3) is 0 Å². The van der Waals surface area contributed by atoms with E-state index in [9.17, 15) is 8.78 Å². The highest BCUT2D eigenvalue weighted by Gasteiger charge is 2.03. The van der Waals surface area contributed by atoms with Crippen LogP contribution in [0.4, 0.5) is 8.78 Å². The Morgan fingerprint density at radius 3 is 2.75 bits per heavy atom. The maximum atomic E-state index is 12.1. The molecule has 0 saturated carbocycles. The fraction of sp³-hybridized carbons (Fsp3) is 0.333. The van der Waals surface area contributed by atoms with Crippen LogP contribution in [0.5, 0.6) is 0 Å². The molecule has 0 heterocycles. The first kappa shape index (κ1) is 5.48. The summed E-state index contributed by atoms with van der Waals surface area (Å²) in [5, 5.41) is 0. The zero-order chi connectivity index (χ0) is 5.98. The molecule has 0 fully saturated rings. The zero-order valence-electron chi connectivity index (χ0n) is 4.27. The Morgan fingerprint density at radius 1 is 1.62 bits per heavy atom. The van der Waals surface area contributed by atoms with Crippen molar-refractivity contribution in [3.8, 4) is 0 Å². The topological polar surface area (TPSA) is 0 Å². The van der Waals surface area contributed by atoms with E-state index in [1.165, 1.54) is 12.2 Å². The second kappa shape index (κ2) is 2.07. The fourth-order valence-electron chi connectivity index (χ4n) is 0.568. The van der Waals surface area contributed by atoms with E-state index in [1.54, 1.807) is 0 Å². The first-order valence-electron chi connectivity index (χ1n) is 2.47. The van der Waals surface area contributed by atoms with E-state index in [2.05, 4.69) is 0 Å². The lowest BCUT2D eigenvalue weighted by Gasteiger charge is -2.01. The summed E-state index contributed by atoms with van der Waals surface area (Å²) in [6.45, 7) is 0. The zero-order valence-corrected chi connectivity index (χ0v) is 4.27. The van der Waals surface area contributed by atoms with Crippen LogP contribution < -0.4 is 0 Å². The third kappa shape index (κ3) is 1.15. The van der Waals surface area contributed by atoms with Crippen LogP contribution >= 0.6 is 0 Å². The Labute approximate surface area is 46.5 Å². The van der Waals surface area contributed by atoms with Crippen LogP contribution in [0.15, 0.2) is 24.1 Å². The molecule has 0 aliphatic heterocycles. The highest BCUT2D eigenvalue weighted by atomic mass is 19.1.